The molecule has 0 radical (unpaired) electrons. The summed E-state index contributed by atoms with van der Waals surface area (Å²) in [6.45, 7) is 6.15. The summed E-state index contributed by atoms with van der Waals surface area (Å²) in [6.07, 6.45) is 1.65. The van der Waals surface area contributed by atoms with Crippen molar-refractivity contribution in [3.05, 3.63) is 29.8 Å². The van der Waals surface area contributed by atoms with Crippen LogP contribution in [0.15, 0.2) is 29.2 Å². The monoisotopic (exact) mass is 316 g/mol. The summed E-state index contributed by atoms with van der Waals surface area (Å²) in [5.41, 5.74) is 6.91. The maximum absolute atomic E-state index is 11.8. The summed E-state index contributed by atoms with van der Waals surface area (Å²) in [7, 11) is 0. The lowest BCUT2D eigenvalue weighted by Gasteiger charge is -2.17. The molecule has 0 saturated carbocycles. The first-order valence-electron chi connectivity index (χ1n) is 6.87. The molecule has 5 heteroatoms. The number of hydrogen-bond acceptors (Lipinski definition) is 3. The minimum atomic E-state index is -0.401. The van der Waals surface area contributed by atoms with E-state index in [9.17, 15) is 4.79 Å². The van der Waals surface area contributed by atoms with E-state index in [4.69, 9.17) is 5.73 Å². The average molecular weight is 317 g/mol. The molecule has 0 fully saturated rings. The highest BCUT2D eigenvalue weighted by molar-refractivity contribution is 7.99. The van der Waals surface area contributed by atoms with Crippen molar-refractivity contribution in [2.75, 3.05) is 5.75 Å². The number of benzene rings is 1. The van der Waals surface area contributed by atoms with Crippen LogP contribution in [0.4, 0.5) is 0 Å². The van der Waals surface area contributed by atoms with E-state index in [0.29, 0.717) is 0 Å². The zero-order valence-corrected chi connectivity index (χ0v) is 14.0. The highest BCUT2D eigenvalue weighted by Gasteiger charge is 2.15. The van der Waals surface area contributed by atoms with Gasteiger partial charge in [-0.15, -0.1) is 24.2 Å². The normalized spacial score (nSPS) is 13.2. The van der Waals surface area contributed by atoms with Crippen LogP contribution in [0.3, 0.4) is 0 Å². The van der Waals surface area contributed by atoms with Crippen LogP contribution in [0.2, 0.25) is 0 Å². The fourth-order valence-electron chi connectivity index (χ4n) is 1.87. The van der Waals surface area contributed by atoms with E-state index in [-0.39, 0.29) is 24.4 Å². The Kier molecular flexibility index (Phi) is 9.72. The maximum atomic E-state index is 11.8. The molecule has 2 atom stereocenters. The highest BCUT2D eigenvalue weighted by atomic mass is 35.5. The number of nitrogens with one attached hydrogen (secondary N) is 1. The van der Waals surface area contributed by atoms with Crippen LogP contribution in [-0.2, 0) is 4.79 Å². The van der Waals surface area contributed by atoms with Crippen molar-refractivity contribution in [3.8, 4) is 0 Å². The summed E-state index contributed by atoms with van der Waals surface area (Å²) >= 11 is 1.81. The van der Waals surface area contributed by atoms with E-state index < -0.39 is 6.04 Å². The SMILES string of the molecule is CCCC(N)C(=O)NC(C)c1ccc(SCC)cc1.Cl. The standard InChI is InChI=1S/C15H24N2OS.ClH/c1-4-6-14(16)15(18)17-11(3)12-7-9-13(10-8-12)19-5-2;/h7-11,14H,4-6,16H2,1-3H3,(H,17,18);1H. The van der Waals surface area contributed by atoms with Crippen molar-refractivity contribution in [2.45, 2.75) is 50.6 Å². The largest absolute Gasteiger partial charge is 0.348 e. The molecular weight excluding hydrogens is 292 g/mol. The van der Waals surface area contributed by atoms with Crippen molar-refractivity contribution < 1.29 is 4.79 Å². The van der Waals surface area contributed by atoms with Crippen LogP contribution in [0.5, 0.6) is 0 Å². The molecule has 0 aliphatic carbocycles. The van der Waals surface area contributed by atoms with Crippen molar-refractivity contribution in [1.82, 2.24) is 5.32 Å². The number of rotatable bonds is 7. The number of thioether (sulfide) groups is 1. The molecule has 0 saturated heterocycles. The zero-order valence-electron chi connectivity index (χ0n) is 12.4. The first-order chi connectivity index (χ1) is 9.08. The number of nitrogens with two attached hydrogens (primary N) is 1. The molecule has 20 heavy (non-hydrogen) atoms. The summed E-state index contributed by atoms with van der Waals surface area (Å²) in [6, 6.07) is 7.91. The molecular formula is C15H25ClN2OS. The Hall–Kier alpha value is -0.710. The Morgan fingerprint density at radius 3 is 2.40 bits per heavy atom. The third kappa shape index (κ3) is 6.16. The molecule has 3 N–H and O–H groups in total. The fourth-order valence-corrected chi connectivity index (χ4v) is 2.53. The van der Waals surface area contributed by atoms with Crippen molar-refractivity contribution in [2.24, 2.45) is 5.73 Å². The predicted octanol–water partition coefficient (Wildman–Crippen LogP) is 3.53. The second-order valence-corrected chi connectivity index (χ2v) is 5.96. The summed E-state index contributed by atoms with van der Waals surface area (Å²) < 4.78 is 0. The maximum Gasteiger partial charge on any atom is 0.237 e. The molecule has 0 aliphatic heterocycles. The molecule has 0 bridgehead atoms. The predicted molar refractivity (Wildman–Crippen MR) is 89.5 cm³/mol. The third-order valence-corrected chi connectivity index (χ3v) is 3.88. The van der Waals surface area contributed by atoms with Gasteiger partial charge in [0.2, 0.25) is 5.91 Å². The quantitative estimate of drug-likeness (QED) is 0.757. The van der Waals surface area contributed by atoms with E-state index in [1.54, 1.807) is 0 Å². The summed E-state index contributed by atoms with van der Waals surface area (Å²) in [5, 5.41) is 2.96. The van der Waals surface area contributed by atoms with Gasteiger partial charge in [0.15, 0.2) is 0 Å². The van der Waals surface area contributed by atoms with Gasteiger partial charge in [-0.3, -0.25) is 4.79 Å². The van der Waals surface area contributed by atoms with Crippen LogP contribution >= 0.6 is 24.2 Å². The number of carbonyl (C=O) groups is 1. The van der Waals surface area contributed by atoms with Gasteiger partial charge in [-0.25, -0.2) is 0 Å². The number of hydrogen-bond donors (Lipinski definition) is 2. The van der Waals surface area contributed by atoms with E-state index in [1.807, 2.05) is 25.6 Å². The summed E-state index contributed by atoms with van der Waals surface area (Å²) in [4.78, 5) is 13.1. The second-order valence-electron chi connectivity index (χ2n) is 4.63. The van der Waals surface area contributed by atoms with E-state index in [0.717, 1.165) is 24.2 Å². The van der Waals surface area contributed by atoms with Gasteiger partial charge in [-0.05, 0) is 36.8 Å². The topological polar surface area (TPSA) is 55.1 Å². The Labute approximate surface area is 132 Å². The average Bonchev–Trinajstić information content (AvgIpc) is 2.40. The van der Waals surface area contributed by atoms with Gasteiger partial charge in [0, 0.05) is 4.90 Å². The van der Waals surface area contributed by atoms with Crippen LogP contribution in [-0.4, -0.2) is 17.7 Å². The van der Waals surface area contributed by atoms with Crippen molar-refractivity contribution >= 4 is 30.1 Å². The van der Waals surface area contributed by atoms with Gasteiger partial charge < -0.3 is 11.1 Å². The Morgan fingerprint density at radius 1 is 1.30 bits per heavy atom. The Bertz CT molecular complexity index is 397. The molecule has 3 nitrogen and oxygen atoms in total. The number of amides is 1. The molecule has 2 unspecified atom stereocenters. The number of carbonyl (C=O) groups excluding carboxylic acids is 1. The minimum absolute atomic E-state index is 0. The van der Waals surface area contributed by atoms with Crippen LogP contribution in [0.25, 0.3) is 0 Å². The lowest BCUT2D eigenvalue weighted by molar-refractivity contribution is -0.123. The number of halogens is 1. The van der Waals surface area contributed by atoms with Crippen LogP contribution < -0.4 is 11.1 Å². The molecule has 1 rings (SSSR count). The van der Waals surface area contributed by atoms with Gasteiger partial charge in [-0.1, -0.05) is 32.4 Å². The lowest BCUT2D eigenvalue weighted by Crippen LogP contribution is -2.41. The third-order valence-electron chi connectivity index (χ3n) is 2.99. The van der Waals surface area contributed by atoms with Crippen LogP contribution in [0.1, 0.15) is 45.2 Å². The molecule has 0 heterocycles. The lowest BCUT2D eigenvalue weighted by atomic mass is 10.1. The smallest absolute Gasteiger partial charge is 0.237 e. The zero-order chi connectivity index (χ0) is 14.3. The van der Waals surface area contributed by atoms with Gasteiger partial charge in [0.25, 0.3) is 0 Å². The Balaban J connectivity index is 0.00000361. The molecule has 1 aromatic rings. The molecule has 1 amide bonds. The van der Waals surface area contributed by atoms with Gasteiger partial charge in [0.1, 0.15) is 0 Å². The molecule has 0 spiro atoms. The Morgan fingerprint density at radius 2 is 1.90 bits per heavy atom. The highest BCUT2D eigenvalue weighted by Crippen LogP contribution is 2.20. The van der Waals surface area contributed by atoms with E-state index >= 15 is 0 Å². The van der Waals surface area contributed by atoms with Gasteiger partial charge >= 0.3 is 0 Å². The van der Waals surface area contributed by atoms with E-state index in [2.05, 4.69) is 36.5 Å². The first kappa shape index (κ1) is 19.3. The van der Waals surface area contributed by atoms with E-state index in [1.165, 1.54) is 4.90 Å². The van der Waals surface area contributed by atoms with Crippen molar-refractivity contribution in [3.63, 3.8) is 0 Å². The minimum Gasteiger partial charge on any atom is -0.348 e. The molecule has 0 aliphatic rings. The van der Waals surface area contributed by atoms with Gasteiger partial charge in [-0.2, -0.15) is 0 Å². The second kappa shape index (κ2) is 10.1. The van der Waals surface area contributed by atoms with Crippen molar-refractivity contribution in [1.29, 1.82) is 0 Å². The molecule has 0 aromatic heterocycles. The fraction of sp³-hybridized carbons (Fsp3) is 0.533. The van der Waals surface area contributed by atoms with Gasteiger partial charge in [0.05, 0.1) is 12.1 Å². The first-order valence-corrected chi connectivity index (χ1v) is 7.85. The molecule has 114 valence electrons. The van der Waals surface area contributed by atoms with Crippen LogP contribution in [0, 0.1) is 0 Å². The molecule has 1 aromatic carbocycles. The summed E-state index contributed by atoms with van der Waals surface area (Å²) in [5.74, 6) is 0.999.